The minimum absolute atomic E-state index is 0.101. The lowest BCUT2D eigenvalue weighted by Crippen LogP contribution is -1.93. The third-order valence-electron chi connectivity index (χ3n) is 1.31. The molecular formula is C10H14F2O. The first-order valence-corrected chi connectivity index (χ1v) is 4.17. The number of halogens is 2. The Balaban J connectivity index is 0.000000671. The average Bonchev–Trinajstić information content (AvgIpc) is 2.15. The highest BCUT2D eigenvalue weighted by atomic mass is 19.1. The molecular weight excluding hydrogens is 174 g/mol. The summed E-state index contributed by atoms with van der Waals surface area (Å²) in [5.74, 6) is -0.883. The van der Waals surface area contributed by atoms with Gasteiger partial charge in [0.05, 0.1) is 6.61 Å². The van der Waals surface area contributed by atoms with E-state index in [1.165, 1.54) is 7.11 Å². The first-order chi connectivity index (χ1) is 6.24. The number of rotatable bonds is 2. The van der Waals surface area contributed by atoms with E-state index in [0.717, 1.165) is 18.2 Å². The summed E-state index contributed by atoms with van der Waals surface area (Å²) in [5, 5.41) is 0. The van der Waals surface area contributed by atoms with E-state index in [9.17, 15) is 8.78 Å². The van der Waals surface area contributed by atoms with Crippen molar-refractivity contribution >= 4 is 0 Å². The Morgan fingerprint density at radius 2 is 1.85 bits per heavy atom. The molecule has 0 N–H and O–H groups in total. The first kappa shape index (κ1) is 12.0. The minimum atomic E-state index is -0.446. The molecule has 0 saturated carbocycles. The van der Waals surface area contributed by atoms with Gasteiger partial charge in [-0.05, 0) is 18.2 Å². The molecule has 1 nitrogen and oxygen atoms in total. The van der Waals surface area contributed by atoms with Gasteiger partial charge in [-0.25, -0.2) is 8.78 Å². The zero-order chi connectivity index (χ0) is 10.3. The van der Waals surface area contributed by atoms with Crippen molar-refractivity contribution in [1.82, 2.24) is 0 Å². The summed E-state index contributed by atoms with van der Waals surface area (Å²) in [6.07, 6.45) is 0. The molecule has 1 rings (SSSR count). The van der Waals surface area contributed by atoms with Gasteiger partial charge in [-0.1, -0.05) is 13.8 Å². The number of methoxy groups -OCH3 is 1. The summed E-state index contributed by atoms with van der Waals surface area (Å²) in [6, 6.07) is 3.29. The first-order valence-electron chi connectivity index (χ1n) is 4.17. The molecule has 0 atom stereocenters. The molecule has 0 fully saturated rings. The van der Waals surface area contributed by atoms with Gasteiger partial charge in [0.15, 0.2) is 0 Å². The quantitative estimate of drug-likeness (QED) is 0.692. The van der Waals surface area contributed by atoms with Crippen molar-refractivity contribution < 1.29 is 13.5 Å². The largest absolute Gasteiger partial charge is 0.380 e. The molecule has 3 heteroatoms. The van der Waals surface area contributed by atoms with Crippen LogP contribution in [0, 0.1) is 11.6 Å². The van der Waals surface area contributed by atoms with Crippen molar-refractivity contribution in [3.8, 4) is 0 Å². The van der Waals surface area contributed by atoms with Crippen LogP contribution in [0.1, 0.15) is 19.4 Å². The van der Waals surface area contributed by atoms with Crippen LogP contribution >= 0.6 is 0 Å². The summed E-state index contributed by atoms with van der Waals surface area (Å²) in [6.45, 7) is 4.10. The predicted molar refractivity (Wildman–Crippen MR) is 48.4 cm³/mol. The van der Waals surface area contributed by atoms with Gasteiger partial charge < -0.3 is 4.74 Å². The molecule has 0 aromatic heterocycles. The van der Waals surface area contributed by atoms with Gasteiger partial charge in [0.2, 0.25) is 0 Å². The van der Waals surface area contributed by atoms with E-state index >= 15 is 0 Å². The van der Waals surface area contributed by atoms with Crippen LogP contribution in [0.3, 0.4) is 0 Å². The van der Waals surface area contributed by atoms with Crippen LogP contribution in [0.2, 0.25) is 0 Å². The lowest BCUT2D eigenvalue weighted by molar-refractivity contribution is 0.181. The van der Waals surface area contributed by atoms with Gasteiger partial charge in [0.1, 0.15) is 11.6 Å². The van der Waals surface area contributed by atoms with E-state index in [0.29, 0.717) is 0 Å². The van der Waals surface area contributed by atoms with Gasteiger partial charge in [-0.3, -0.25) is 0 Å². The molecule has 74 valence electrons. The van der Waals surface area contributed by atoms with E-state index in [4.69, 9.17) is 0 Å². The maximum atomic E-state index is 12.7. The fourth-order valence-corrected chi connectivity index (χ4v) is 0.809. The molecule has 0 bridgehead atoms. The Hall–Kier alpha value is -0.960. The fourth-order valence-electron chi connectivity index (χ4n) is 0.809. The lowest BCUT2D eigenvalue weighted by atomic mass is 10.2. The monoisotopic (exact) mass is 188 g/mol. The molecule has 0 aliphatic carbocycles. The summed E-state index contributed by atoms with van der Waals surface area (Å²) in [5.41, 5.74) is 0.243. The van der Waals surface area contributed by atoms with Crippen LogP contribution in [0.25, 0.3) is 0 Å². The van der Waals surface area contributed by atoms with E-state index in [2.05, 4.69) is 4.74 Å². The van der Waals surface area contributed by atoms with Gasteiger partial charge in [-0.15, -0.1) is 0 Å². The molecule has 1 aromatic rings. The highest BCUT2D eigenvalue weighted by Crippen LogP contribution is 2.09. The Morgan fingerprint density at radius 1 is 1.23 bits per heavy atom. The van der Waals surface area contributed by atoms with Crippen molar-refractivity contribution in [1.29, 1.82) is 0 Å². The van der Waals surface area contributed by atoms with Crippen LogP contribution < -0.4 is 0 Å². The second-order valence-electron chi connectivity index (χ2n) is 2.17. The second kappa shape index (κ2) is 6.54. The number of hydrogen-bond donors (Lipinski definition) is 0. The molecule has 0 aliphatic rings. The van der Waals surface area contributed by atoms with E-state index in [1.54, 1.807) is 0 Å². The summed E-state index contributed by atoms with van der Waals surface area (Å²) < 4.78 is 29.8. The zero-order valence-electron chi connectivity index (χ0n) is 8.10. The number of hydrogen-bond acceptors (Lipinski definition) is 1. The van der Waals surface area contributed by atoms with Crippen LogP contribution in [0.4, 0.5) is 8.78 Å². The van der Waals surface area contributed by atoms with Gasteiger partial charge >= 0.3 is 0 Å². The zero-order valence-corrected chi connectivity index (χ0v) is 8.10. The maximum absolute atomic E-state index is 12.7. The third kappa shape index (κ3) is 3.99. The molecule has 0 spiro atoms. The van der Waals surface area contributed by atoms with Crippen LogP contribution in [-0.2, 0) is 11.3 Å². The molecule has 0 amide bonds. The van der Waals surface area contributed by atoms with Crippen molar-refractivity contribution in [3.63, 3.8) is 0 Å². The predicted octanol–water partition coefficient (Wildman–Crippen LogP) is 3.14. The van der Waals surface area contributed by atoms with Gasteiger partial charge in [0, 0.05) is 12.7 Å². The number of benzene rings is 1. The smallest absolute Gasteiger partial charge is 0.128 e. The van der Waals surface area contributed by atoms with Crippen molar-refractivity contribution in [2.24, 2.45) is 0 Å². The van der Waals surface area contributed by atoms with Crippen molar-refractivity contribution in [2.45, 2.75) is 20.5 Å². The highest BCUT2D eigenvalue weighted by molar-refractivity contribution is 5.17. The Labute approximate surface area is 77.3 Å². The van der Waals surface area contributed by atoms with Crippen molar-refractivity contribution in [2.75, 3.05) is 7.11 Å². The highest BCUT2D eigenvalue weighted by Gasteiger charge is 2.01. The fraction of sp³-hybridized carbons (Fsp3) is 0.400. The van der Waals surface area contributed by atoms with Crippen molar-refractivity contribution in [3.05, 3.63) is 35.4 Å². The molecule has 1 aromatic carbocycles. The Kier molecular flexibility index (Phi) is 6.06. The third-order valence-corrected chi connectivity index (χ3v) is 1.31. The summed E-state index contributed by atoms with van der Waals surface area (Å²) in [4.78, 5) is 0. The van der Waals surface area contributed by atoms with Gasteiger partial charge in [0.25, 0.3) is 0 Å². The topological polar surface area (TPSA) is 9.23 Å². The van der Waals surface area contributed by atoms with E-state index < -0.39 is 11.6 Å². The molecule has 0 radical (unpaired) electrons. The normalized spacial score (nSPS) is 9.00. The lowest BCUT2D eigenvalue weighted by Gasteiger charge is -2.00. The second-order valence-corrected chi connectivity index (χ2v) is 2.17. The average molecular weight is 188 g/mol. The van der Waals surface area contributed by atoms with Crippen LogP contribution in [0.15, 0.2) is 18.2 Å². The van der Waals surface area contributed by atoms with E-state index in [1.807, 2.05) is 13.8 Å². The minimum Gasteiger partial charge on any atom is -0.380 e. The Morgan fingerprint density at radius 3 is 2.38 bits per heavy atom. The SMILES string of the molecule is CC.COCc1cc(F)ccc1F. The molecule has 0 heterocycles. The van der Waals surface area contributed by atoms with Crippen LogP contribution in [0.5, 0.6) is 0 Å². The summed E-state index contributed by atoms with van der Waals surface area (Å²) in [7, 11) is 1.43. The molecule has 0 saturated heterocycles. The van der Waals surface area contributed by atoms with Crippen LogP contribution in [-0.4, -0.2) is 7.11 Å². The number of ether oxygens (including phenoxy) is 1. The molecule has 13 heavy (non-hydrogen) atoms. The van der Waals surface area contributed by atoms with E-state index in [-0.39, 0.29) is 12.2 Å². The summed E-state index contributed by atoms with van der Waals surface area (Å²) >= 11 is 0. The maximum Gasteiger partial charge on any atom is 0.128 e. The standard InChI is InChI=1S/C8H8F2O.C2H6/c1-11-5-6-4-7(9)2-3-8(6)10;1-2/h2-4H,5H2,1H3;1-2H3. The molecule has 0 unspecified atom stereocenters. The van der Waals surface area contributed by atoms with Gasteiger partial charge in [-0.2, -0.15) is 0 Å². The molecule has 0 aliphatic heterocycles. The Bertz CT molecular complexity index is 249.